The molecule has 0 aliphatic rings. The Morgan fingerprint density at radius 3 is 2.78 bits per heavy atom. The number of aromatic amines is 1. The lowest BCUT2D eigenvalue weighted by atomic mass is 10.1. The fraction of sp³-hybridized carbons (Fsp3) is 0.200. The molecule has 0 amide bonds. The minimum absolute atomic E-state index is 0.330. The van der Waals surface area contributed by atoms with Gasteiger partial charge in [0.25, 0.3) is 5.95 Å². The molecule has 2 aromatic heterocycles. The first-order valence-electron chi connectivity index (χ1n) is 7.10. The average Bonchev–Trinajstić information content (AvgIpc) is 3.25. The summed E-state index contributed by atoms with van der Waals surface area (Å²) in [4.78, 5) is 11.6. The summed E-state index contributed by atoms with van der Waals surface area (Å²) in [6, 6.07) is 10.8. The molecule has 3 aromatic rings. The second kappa shape index (κ2) is 6.73. The quantitative estimate of drug-likeness (QED) is 0.672. The summed E-state index contributed by atoms with van der Waals surface area (Å²) in [5, 5.41) is 16.4. The predicted octanol–water partition coefficient (Wildman–Crippen LogP) is 2.25. The number of nitrogens with one attached hydrogen (secondary N) is 2. The minimum Gasteiger partial charge on any atom is -0.462 e. The fourth-order valence-corrected chi connectivity index (χ4v) is 2.02. The number of H-pyrrole nitrogens is 1. The Labute approximate surface area is 131 Å². The Balaban J connectivity index is 1.66. The molecular weight excluding hydrogens is 298 g/mol. The van der Waals surface area contributed by atoms with Crippen molar-refractivity contribution in [3.8, 4) is 11.3 Å². The summed E-state index contributed by atoms with van der Waals surface area (Å²) < 4.78 is 10.7. The van der Waals surface area contributed by atoms with Crippen LogP contribution in [0.2, 0.25) is 0 Å². The summed E-state index contributed by atoms with van der Waals surface area (Å²) in [6.45, 7) is 2.58. The van der Waals surface area contributed by atoms with Crippen LogP contribution >= 0.6 is 0 Å². The van der Waals surface area contributed by atoms with E-state index in [1.54, 1.807) is 19.1 Å². The molecule has 0 unspecified atom stereocenters. The summed E-state index contributed by atoms with van der Waals surface area (Å²) in [6.07, 6.45) is 0. The molecule has 0 radical (unpaired) electrons. The second-order valence-electron chi connectivity index (χ2n) is 4.65. The second-order valence-corrected chi connectivity index (χ2v) is 4.65. The molecule has 0 bridgehead atoms. The van der Waals surface area contributed by atoms with Crippen LogP contribution < -0.4 is 5.32 Å². The van der Waals surface area contributed by atoms with Crippen molar-refractivity contribution in [2.24, 2.45) is 0 Å². The molecule has 2 N–H and O–H groups in total. The van der Waals surface area contributed by atoms with Gasteiger partial charge in [0.1, 0.15) is 11.5 Å². The SMILES string of the molecule is CCOC(=O)c1ccc(-c2ccc(CNc3nn[nH]n3)o2)cc1. The summed E-state index contributed by atoms with van der Waals surface area (Å²) in [5.74, 6) is 1.52. The first kappa shape index (κ1) is 14.8. The highest BCUT2D eigenvalue weighted by Gasteiger charge is 2.09. The Bertz CT molecular complexity index is 765. The number of nitrogens with zero attached hydrogens (tertiary/aromatic N) is 3. The zero-order chi connectivity index (χ0) is 16.1. The molecule has 0 aliphatic heterocycles. The lowest BCUT2D eigenvalue weighted by molar-refractivity contribution is 0.0526. The van der Waals surface area contributed by atoms with Gasteiger partial charge in [0.05, 0.1) is 18.7 Å². The Kier molecular flexibility index (Phi) is 4.32. The van der Waals surface area contributed by atoms with Crippen LogP contribution in [-0.4, -0.2) is 33.2 Å². The van der Waals surface area contributed by atoms with Crippen LogP contribution in [0.15, 0.2) is 40.8 Å². The molecule has 0 fully saturated rings. The number of aromatic nitrogens is 4. The van der Waals surface area contributed by atoms with E-state index in [-0.39, 0.29) is 5.97 Å². The molecule has 3 rings (SSSR count). The van der Waals surface area contributed by atoms with Crippen LogP contribution in [0.3, 0.4) is 0 Å². The van der Waals surface area contributed by atoms with Crippen molar-refractivity contribution in [3.63, 3.8) is 0 Å². The van der Waals surface area contributed by atoms with Crippen LogP contribution in [0, 0.1) is 0 Å². The zero-order valence-corrected chi connectivity index (χ0v) is 12.4. The van der Waals surface area contributed by atoms with Gasteiger partial charge in [0.2, 0.25) is 0 Å². The van der Waals surface area contributed by atoms with Gasteiger partial charge in [-0.05, 0) is 36.4 Å². The zero-order valence-electron chi connectivity index (χ0n) is 12.4. The Morgan fingerprint density at radius 2 is 2.09 bits per heavy atom. The van der Waals surface area contributed by atoms with Crippen molar-refractivity contribution < 1.29 is 13.9 Å². The maximum atomic E-state index is 11.6. The van der Waals surface area contributed by atoms with E-state index in [4.69, 9.17) is 9.15 Å². The number of carbonyl (C=O) groups is 1. The van der Waals surface area contributed by atoms with Crippen LogP contribution in [0.4, 0.5) is 5.95 Å². The number of furan rings is 1. The molecule has 0 atom stereocenters. The first-order chi connectivity index (χ1) is 11.3. The highest BCUT2D eigenvalue weighted by molar-refractivity contribution is 5.89. The van der Waals surface area contributed by atoms with Crippen molar-refractivity contribution in [3.05, 3.63) is 47.7 Å². The Hall–Kier alpha value is -3.16. The molecule has 8 nitrogen and oxygen atoms in total. The van der Waals surface area contributed by atoms with E-state index in [0.29, 0.717) is 30.4 Å². The van der Waals surface area contributed by atoms with E-state index in [9.17, 15) is 4.79 Å². The van der Waals surface area contributed by atoms with Gasteiger partial charge in [-0.25, -0.2) is 4.79 Å². The molecular formula is C15H15N5O3. The summed E-state index contributed by atoms with van der Waals surface area (Å²) in [7, 11) is 0. The van der Waals surface area contributed by atoms with Crippen molar-refractivity contribution in [1.29, 1.82) is 0 Å². The number of anilines is 1. The van der Waals surface area contributed by atoms with Gasteiger partial charge < -0.3 is 14.5 Å². The van der Waals surface area contributed by atoms with E-state index in [0.717, 1.165) is 11.3 Å². The number of hydrogen-bond acceptors (Lipinski definition) is 7. The van der Waals surface area contributed by atoms with Gasteiger partial charge >= 0.3 is 5.97 Å². The standard InChI is InChI=1S/C15H15N5O3/c1-2-22-14(21)11-5-3-10(4-6-11)13-8-7-12(23-13)9-16-15-17-19-20-18-15/h3-8H,2,9H2,1H3,(H2,16,17,18,19,20). The van der Waals surface area contributed by atoms with Crippen molar-refractivity contribution >= 4 is 11.9 Å². The minimum atomic E-state index is -0.330. The van der Waals surface area contributed by atoms with Gasteiger partial charge in [-0.2, -0.15) is 5.21 Å². The fourth-order valence-electron chi connectivity index (χ4n) is 2.02. The number of hydrogen-bond donors (Lipinski definition) is 2. The molecule has 118 valence electrons. The molecule has 8 heteroatoms. The maximum absolute atomic E-state index is 11.6. The lowest BCUT2D eigenvalue weighted by Gasteiger charge is -2.02. The number of esters is 1. The monoisotopic (exact) mass is 313 g/mol. The van der Waals surface area contributed by atoms with Gasteiger partial charge in [-0.3, -0.25) is 0 Å². The largest absolute Gasteiger partial charge is 0.462 e. The van der Waals surface area contributed by atoms with Crippen molar-refractivity contribution in [2.75, 3.05) is 11.9 Å². The lowest BCUT2D eigenvalue weighted by Crippen LogP contribution is -2.03. The highest BCUT2D eigenvalue weighted by atomic mass is 16.5. The third-order valence-corrected chi connectivity index (χ3v) is 3.11. The number of carbonyl (C=O) groups excluding carboxylic acids is 1. The van der Waals surface area contributed by atoms with Gasteiger partial charge in [0.15, 0.2) is 0 Å². The average molecular weight is 313 g/mol. The van der Waals surface area contributed by atoms with E-state index in [1.165, 1.54) is 0 Å². The third-order valence-electron chi connectivity index (χ3n) is 3.11. The topological polar surface area (TPSA) is 106 Å². The van der Waals surface area contributed by atoms with Crippen LogP contribution in [-0.2, 0) is 11.3 Å². The molecule has 0 spiro atoms. The van der Waals surface area contributed by atoms with E-state index in [1.807, 2.05) is 24.3 Å². The maximum Gasteiger partial charge on any atom is 0.338 e. The van der Waals surface area contributed by atoms with Gasteiger partial charge in [0, 0.05) is 5.56 Å². The molecule has 0 saturated heterocycles. The van der Waals surface area contributed by atoms with E-state index in [2.05, 4.69) is 25.9 Å². The van der Waals surface area contributed by atoms with E-state index < -0.39 is 0 Å². The number of ether oxygens (including phenoxy) is 1. The van der Waals surface area contributed by atoms with Crippen LogP contribution in [0.5, 0.6) is 0 Å². The normalized spacial score (nSPS) is 10.5. The molecule has 23 heavy (non-hydrogen) atoms. The van der Waals surface area contributed by atoms with Crippen LogP contribution in [0.1, 0.15) is 23.0 Å². The smallest absolute Gasteiger partial charge is 0.338 e. The van der Waals surface area contributed by atoms with Crippen molar-refractivity contribution in [2.45, 2.75) is 13.5 Å². The number of tetrazole rings is 1. The van der Waals surface area contributed by atoms with Gasteiger partial charge in [-0.1, -0.05) is 17.2 Å². The third kappa shape index (κ3) is 3.54. The predicted molar refractivity (Wildman–Crippen MR) is 81.6 cm³/mol. The summed E-state index contributed by atoms with van der Waals surface area (Å²) >= 11 is 0. The summed E-state index contributed by atoms with van der Waals surface area (Å²) in [5.41, 5.74) is 1.39. The van der Waals surface area contributed by atoms with Crippen molar-refractivity contribution in [1.82, 2.24) is 20.6 Å². The molecule has 0 aliphatic carbocycles. The molecule has 2 heterocycles. The number of benzene rings is 1. The number of rotatable bonds is 6. The van der Waals surface area contributed by atoms with Crippen LogP contribution in [0.25, 0.3) is 11.3 Å². The highest BCUT2D eigenvalue weighted by Crippen LogP contribution is 2.23. The molecule has 1 aromatic carbocycles. The Morgan fingerprint density at radius 1 is 1.26 bits per heavy atom. The first-order valence-corrected chi connectivity index (χ1v) is 7.10. The van der Waals surface area contributed by atoms with E-state index >= 15 is 0 Å². The molecule has 0 saturated carbocycles. The van der Waals surface area contributed by atoms with Gasteiger partial charge in [-0.15, -0.1) is 5.10 Å².